The minimum atomic E-state index is -0.577. The number of hydrogen-bond acceptors (Lipinski definition) is 3. The van der Waals surface area contributed by atoms with Gasteiger partial charge < -0.3 is 15.1 Å². The van der Waals surface area contributed by atoms with Crippen LogP contribution in [0.25, 0.3) is 0 Å². The quantitative estimate of drug-likeness (QED) is 0.905. The van der Waals surface area contributed by atoms with Crippen LogP contribution in [0.3, 0.4) is 0 Å². The Balaban J connectivity index is 2.20. The van der Waals surface area contributed by atoms with Crippen molar-refractivity contribution in [1.29, 1.82) is 0 Å². The Kier molecular flexibility index (Phi) is 3.84. The molecule has 0 aliphatic carbocycles. The third kappa shape index (κ3) is 3.03. The first-order chi connectivity index (χ1) is 9.47. The first-order valence-corrected chi connectivity index (χ1v) is 5.90. The highest BCUT2D eigenvalue weighted by atomic mass is 19.1. The Labute approximate surface area is 114 Å². The van der Waals surface area contributed by atoms with Gasteiger partial charge in [-0.1, -0.05) is 0 Å². The van der Waals surface area contributed by atoms with Crippen LogP contribution < -0.4 is 10.6 Å². The van der Waals surface area contributed by atoms with Crippen LogP contribution >= 0.6 is 0 Å². The number of amides is 2. The number of furan rings is 1. The van der Waals surface area contributed by atoms with E-state index in [-0.39, 0.29) is 11.4 Å². The van der Waals surface area contributed by atoms with Crippen molar-refractivity contribution in [2.24, 2.45) is 0 Å². The molecule has 0 saturated carbocycles. The second kappa shape index (κ2) is 5.56. The number of hydrogen-bond donors (Lipinski definition) is 2. The van der Waals surface area contributed by atoms with Crippen molar-refractivity contribution in [2.75, 3.05) is 10.6 Å². The van der Waals surface area contributed by atoms with Crippen molar-refractivity contribution < 1.29 is 18.4 Å². The number of halogens is 1. The molecule has 5 nitrogen and oxygen atoms in total. The summed E-state index contributed by atoms with van der Waals surface area (Å²) in [7, 11) is 0. The summed E-state index contributed by atoms with van der Waals surface area (Å²) in [5, 5.41) is 4.92. The summed E-state index contributed by atoms with van der Waals surface area (Å²) in [5.41, 5.74) is 1.06. The van der Waals surface area contributed by atoms with E-state index in [1.54, 1.807) is 13.0 Å². The third-order valence-corrected chi connectivity index (χ3v) is 2.60. The van der Waals surface area contributed by atoms with Crippen molar-refractivity contribution in [1.82, 2.24) is 0 Å². The molecule has 2 amide bonds. The number of carbonyl (C=O) groups excluding carboxylic acids is 2. The van der Waals surface area contributed by atoms with Crippen LogP contribution in [0.5, 0.6) is 0 Å². The molecular weight excluding hydrogens is 263 g/mol. The maximum Gasteiger partial charge on any atom is 0.291 e. The smallest absolute Gasteiger partial charge is 0.291 e. The highest BCUT2D eigenvalue weighted by Gasteiger charge is 2.13. The van der Waals surface area contributed by atoms with Gasteiger partial charge in [-0.2, -0.15) is 0 Å². The van der Waals surface area contributed by atoms with Crippen molar-refractivity contribution in [3.63, 3.8) is 0 Å². The Hall–Kier alpha value is -2.63. The van der Waals surface area contributed by atoms with Gasteiger partial charge in [-0.25, -0.2) is 4.39 Å². The molecule has 2 aromatic rings. The molecular formula is C14H13FN2O3. The predicted octanol–water partition coefficient (Wildman–Crippen LogP) is 2.94. The van der Waals surface area contributed by atoms with Crippen LogP contribution in [0.1, 0.15) is 23.0 Å². The maximum absolute atomic E-state index is 13.5. The minimum absolute atomic E-state index is 0.00599. The van der Waals surface area contributed by atoms with Gasteiger partial charge in [0, 0.05) is 18.2 Å². The van der Waals surface area contributed by atoms with E-state index in [9.17, 15) is 14.0 Å². The van der Waals surface area contributed by atoms with Crippen molar-refractivity contribution in [3.8, 4) is 0 Å². The van der Waals surface area contributed by atoms with E-state index >= 15 is 0 Å². The van der Waals surface area contributed by atoms with Crippen LogP contribution in [-0.4, -0.2) is 11.8 Å². The number of anilines is 2. The third-order valence-electron chi connectivity index (χ3n) is 2.60. The molecule has 0 bridgehead atoms. The number of nitrogens with one attached hydrogen (secondary N) is 2. The summed E-state index contributed by atoms with van der Waals surface area (Å²) in [4.78, 5) is 22.9. The van der Waals surface area contributed by atoms with Crippen LogP contribution in [0.4, 0.5) is 15.8 Å². The van der Waals surface area contributed by atoms with E-state index in [1.165, 1.54) is 25.3 Å². The fraction of sp³-hybridized carbons (Fsp3) is 0.143. The first-order valence-electron chi connectivity index (χ1n) is 5.90. The monoisotopic (exact) mass is 276 g/mol. The van der Waals surface area contributed by atoms with E-state index in [0.29, 0.717) is 11.3 Å². The molecule has 0 fully saturated rings. The van der Waals surface area contributed by atoms with Crippen LogP contribution in [0.15, 0.2) is 34.9 Å². The maximum atomic E-state index is 13.5. The zero-order chi connectivity index (χ0) is 14.7. The van der Waals surface area contributed by atoms with Gasteiger partial charge in [-0.15, -0.1) is 0 Å². The van der Waals surface area contributed by atoms with Gasteiger partial charge in [0.15, 0.2) is 5.76 Å². The fourth-order valence-corrected chi connectivity index (χ4v) is 1.68. The predicted molar refractivity (Wildman–Crippen MR) is 72.1 cm³/mol. The lowest BCUT2D eigenvalue weighted by atomic mass is 10.2. The second-order valence-corrected chi connectivity index (χ2v) is 4.26. The first kappa shape index (κ1) is 13.8. The molecule has 2 rings (SSSR count). The van der Waals surface area contributed by atoms with Crippen molar-refractivity contribution in [3.05, 3.63) is 47.7 Å². The molecule has 0 atom stereocenters. The fourth-order valence-electron chi connectivity index (χ4n) is 1.68. The van der Waals surface area contributed by atoms with Gasteiger partial charge >= 0.3 is 0 Å². The molecule has 20 heavy (non-hydrogen) atoms. The number of carbonyl (C=O) groups is 2. The Morgan fingerprint density at radius 2 is 1.95 bits per heavy atom. The summed E-state index contributed by atoms with van der Waals surface area (Å²) in [6.07, 6.45) is 1.41. The van der Waals surface area contributed by atoms with E-state index in [1.807, 2.05) is 0 Å². The Bertz CT molecular complexity index is 664. The van der Waals surface area contributed by atoms with Crippen molar-refractivity contribution in [2.45, 2.75) is 13.8 Å². The van der Waals surface area contributed by atoms with Gasteiger partial charge in [0.25, 0.3) is 5.91 Å². The summed E-state index contributed by atoms with van der Waals surface area (Å²) in [6, 6.07) is 5.57. The van der Waals surface area contributed by atoms with Gasteiger partial charge in [-0.05, 0) is 31.2 Å². The molecule has 6 heteroatoms. The standard InChI is InChI=1S/C14H13FN2O3/c1-8-5-6-20-13(8)14(19)17-10-3-4-11(15)12(7-10)16-9(2)18/h3-7H,1-2H3,(H,16,18)(H,17,19). The second-order valence-electron chi connectivity index (χ2n) is 4.26. The normalized spacial score (nSPS) is 10.2. The molecule has 0 spiro atoms. The SMILES string of the molecule is CC(=O)Nc1cc(NC(=O)c2occc2C)ccc1F. The molecule has 0 unspecified atom stereocenters. The van der Waals surface area contributed by atoms with Crippen LogP contribution in [0.2, 0.25) is 0 Å². The van der Waals surface area contributed by atoms with Gasteiger partial charge in [0.2, 0.25) is 5.91 Å². The average molecular weight is 276 g/mol. The van der Waals surface area contributed by atoms with Crippen LogP contribution in [0, 0.1) is 12.7 Å². The van der Waals surface area contributed by atoms with E-state index in [2.05, 4.69) is 10.6 Å². The highest BCUT2D eigenvalue weighted by molar-refractivity contribution is 6.03. The zero-order valence-corrected chi connectivity index (χ0v) is 11.0. The number of aryl methyl sites for hydroxylation is 1. The van der Waals surface area contributed by atoms with Gasteiger partial charge in [0.05, 0.1) is 12.0 Å². The molecule has 104 valence electrons. The summed E-state index contributed by atoms with van der Waals surface area (Å²) < 4.78 is 18.5. The molecule has 1 aromatic carbocycles. The van der Waals surface area contributed by atoms with E-state index < -0.39 is 17.6 Å². The lowest BCUT2D eigenvalue weighted by molar-refractivity contribution is -0.114. The average Bonchev–Trinajstić information content (AvgIpc) is 2.79. The minimum Gasteiger partial charge on any atom is -0.459 e. The molecule has 0 aliphatic rings. The summed E-state index contributed by atoms with van der Waals surface area (Å²) in [6.45, 7) is 3.02. The Morgan fingerprint density at radius 1 is 1.20 bits per heavy atom. The lowest BCUT2D eigenvalue weighted by Crippen LogP contribution is -2.13. The van der Waals surface area contributed by atoms with Crippen LogP contribution in [-0.2, 0) is 4.79 Å². The van der Waals surface area contributed by atoms with E-state index in [0.717, 1.165) is 6.07 Å². The molecule has 0 radical (unpaired) electrons. The molecule has 2 N–H and O–H groups in total. The lowest BCUT2D eigenvalue weighted by Gasteiger charge is -2.08. The van der Waals surface area contributed by atoms with Crippen molar-refractivity contribution >= 4 is 23.2 Å². The number of benzene rings is 1. The van der Waals surface area contributed by atoms with Gasteiger partial charge in [0.1, 0.15) is 5.82 Å². The molecule has 0 saturated heterocycles. The topological polar surface area (TPSA) is 71.3 Å². The Morgan fingerprint density at radius 3 is 2.55 bits per heavy atom. The molecule has 0 aliphatic heterocycles. The summed E-state index contributed by atoms with van der Waals surface area (Å²) in [5.74, 6) is -1.22. The largest absolute Gasteiger partial charge is 0.459 e. The molecule has 1 aromatic heterocycles. The van der Waals surface area contributed by atoms with Gasteiger partial charge in [-0.3, -0.25) is 9.59 Å². The molecule has 1 heterocycles. The summed E-state index contributed by atoms with van der Waals surface area (Å²) >= 11 is 0. The van der Waals surface area contributed by atoms with E-state index in [4.69, 9.17) is 4.42 Å². The number of rotatable bonds is 3. The zero-order valence-electron chi connectivity index (χ0n) is 11.0. The highest BCUT2D eigenvalue weighted by Crippen LogP contribution is 2.20.